The zero-order valence-corrected chi connectivity index (χ0v) is 26.3. The van der Waals surface area contributed by atoms with Crippen LogP contribution >= 0.6 is 23.5 Å². The minimum absolute atomic E-state index is 0.0108. The van der Waals surface area contributed by atoms with Crippen molar-refractivity contribution in [3.8, 4) is 0 Å². The molecule has 236 valence electrons. The summed E-state index contributed by atoms with van der Waals surface area (Å²) in [6.07, 6.45) is 9.95. The Morgan fingerprint density at radius 3 is 2.17 bits per heavy atom. The Bertz CT molecular complexity index is 891. The van der Waals surface area contributed by atoms with Crippen molar-refractivity contribution in [3.05, 3.63) is 70.3 Å². The summed E-state index contributed by atoms with van der Waals surface area (Å²) in [5.41, 5.74) is -0.754. The molecule has 1 aliphatic rings. The fourth-order valence-corrected chi connectivity index (χ4v) is 5.83. The predicted molar refractivity (Wildman–Crippen MR) is 162 cm³/mol. The number of hydrogen-bond acceptors (Lipinski definition) is 7. The second-order valence-electron chi connectivity index (χ2n) is 8.33. The molecule has 0 aromatic heterocycles. The van der Waals surface area contributed by atoms with Crippen LogP contribution in [0.3, 0.4) is 0 Å². The van der Waals surface area contributed by atoms with Crippen molar-refractivity contribution >= 4 is 29.8 Å². The van der Waals surface area contributed by atoms with Crippen LogP contribution in [0.15, 0.2) is 41.4 Å². The van der Waals surface area contributed by atoms with Gasteiger partial charge in [0.15, 0.2) is 23.3 Å². The van der Waals surface area contributed by atoms with Crippen LogP contribution in [0.4, 0.5) is 22.0 Å². The first-order chi connectivity index (χ1) is 19.7. The molecule has 1 aliphatic carbocycles. The van der Waals surface area contributed by atoms with Gasteiger partial charge in [-0.2, -0.15) is 0 Å². The molecule has 0 heterocycles. The zero-order chi connectivity index (χ0) is 31.8. The molecule has 0 spiro atoms. The molecular weight excluding hydrogens is 583 g/mol. The normalized spacial score (nSPS) is 13.7. The number of hydrogen-bond donors (Lipinski definition) is 2. The number of alkyl halides is 1. The molecular formula is C29H45F5N2O3S2. The number of carbonyl (C=O) groups is 1. The number of rotatable bonds is 14. The Morgan fingerprint density at radius 1 is 1.15 bits per heavy atom. The van der Waals surface area contributed by atoms with Gasteiger partial charge in [-0.3, -0.25) is 4.39 Å². The van der Waals surface area contributed by atoms with Gasteiger partial charge in [0.1, 0.15) is 6.29 Å². The maximum absolute atomic E-state index is 13.9. The number of aldehydes is 1. The molecule has 1 unspecified atom stereocenters. The van der Waals surface area contributed by atoms with E-state index in [0.29, 0.717) is 25.3 Å². The molecule has 1 fully saturated rings. The summed E-state index contributed by atoms with van der Waals surface area (Å²) in [4.78, 5) is 12.8. The largest absolute Gasteiger partial charge is 0.400 e. The van der Waals surface area contributed by atoms with Crippen LogP contribution in [0.1, 0.15) is 58.4 Å². The third kappa shape index (κ3) is 16.3. The van der Waals surface area contributed by atoms with Gasteiger partial charge in [-0.05, 0) is 33.6 Å². The number of aliphatic hydroxyl groups is 1. The van der Waals surface area contributed by atoms with Crippen molar-refractivity contribution in [3.63, 3.8) is 0 Å². The molecule has 0 aliphatic heterocycles. The average molecular weight is 629 g/mol. The van der Waals surface area contributed by atoms with Crippen LogP contribution in [-0.2, 0) is 16.1 Å². The smallest absolute Gasteiger partial charge is 0.167 e. The Kier molecular flexibility index (Phi) is 25.7. The highest BCUT2D eigenvalue weighted by Gasteiger charge is 2.24. The molecule has 2 N–H and O–H groups in total. The maximum Gasteiger partial charge on any atom is 0.167 e. The fraction of sp³-hybridized carbons (Fsp3) is 0.552. The molecule has 0 radical (unpaired) electrons. The second kappa shape index (κ2) is 25.7. The van der Waals surface area contributed by atoms with E-state index in [1.807, 2.05) is 26.8 Å². The molecule has 1 aromatic rings. The van der Waals surface area contributed by atoms with Crippen molar-refractivity contribution < 1.29 is 36.6 Å². The molecule has 1 saturated carbocycles. The van der Waals surface area contributed by atoms with Crippen molar-refractivity contribution in [2.75, 3.05) is 33.2 Å². The van der Waals surface area contributed by atoms with Crippen LogP contribution in [0.25, 0.3) is 0 Å². The topological polar surface area (TPSA) is 61.8 Å². The van der Waals surface area contributed by atoms with Crippen LogP contribution in [0.5, 0.6) is 0 Å². The van der Waals surface area contributed by atoms with Gasteiger partial charge in [0, 0.05) is 30.0 Å². The Labute approximate surface area is 250 Å². The third-order valence-corrected chi connectivity index (χ3v) is 7.88. The summed E-state index contributed by atoms with van der Waals surface area (Å²) >= 11 is 3.06. The first-order valence-corrected chi connectivity index (χ1v) is 15.0. The van der Waals surface area contributed by atoms with Crippen LogP contribution < -0.4 is 5.32 Å². The first kappa shape index (κ1) is 41.1. The Morgan fingerprint density at radius 2 is 1.68 bits per heavy atom. The van der Waals surface area contributed by atoms with Gasteiger partial charge in [-0.25, -0.2) is 17.6 Å². The summed E-state index contributed by atoms with van der Waals surface area (Å²) in [5, 5.41) is 10.4. The zero-order valence-electron chi connectivity index (χ0n) is 24.7. The van der Waals surface area contributed by atoms with Crippen molar-refractivity contribution in [1.29, 1.82) is 0 Å². The molecule has 1 atom stereocenters. The van der Waals surface area contributed by atoms with Gasteiger partial charge in [-0.15, -0.1) is 18.3 Å². The van der Waals surface area contributed by atoms with Crippen molar-refractivity contribution in [2.24, 2.45) is 0 Å². The highest BCUT2D eigenvalue weighted by molar-refractivity contribution is 8.22. The van der Waals surface area contributed by atoms with E-state index in [1.54, 1.807) is 17.8 Å². The van der Waals surface area contributed by atoms with Gasteiger partial charge < -0.3 is 24.9 Å². The van der Waals surface area contributed by atoms with Crippen LogP contribution in [-0.4, -0.2) is 60.9 Å². The monoisotopic (exact) mass is 628 g/mol. The quantitative estimate of drug-likeness (QED) is 0.0547. The number of benzene rings is 1. The standard InChI is InChI=1S/C24H32F4N2O2S2.C3H6.CH3F.CH4O/c1-4-22(33-13-11-31)34-17(3)29-16(2)30(18-8-6-5-7-9-18)10-12-32-15-19-23(27)20(25)14-21(26)24(19)28;1-3-2;2*1-2/h4,11,14,17-18,29H,2,5-10,12-13,15H2,1,3H3;3H,1H2,2H3;1H3;2H,1H3/b22-4-;;;. The average Bonchev–Trinajstić information content (AvgIpc) is 2.98. The van der Waals surface area contributed by atoms with E-state index in [1.165, 1.54) is 18.2 Å². The number of nitrogens with one attached hydrogen (secondary N) is 1. The lowest BCUT2D eigenvalue weighted by Gasteiger charge is -2.38. The number of allylic oxidation sites excluding steroid dienone is 2. The third-order valence-electron chi connectivity index (χ3n) is 5.48. The Hall–Kier alpha value is -2.02. The van der Waals surface area contributed by atoms with E-state index < -0.39 is 35.4 Å². The van der Waals surface area contributed by atoms with E-state index >= 15 is 0 Å². The number of aliphatic hydroxyl groups excluding tert-OH is 1. The summed E-state index contributed by atoms with van der Waals surface area (Å²) in [6, 6.07) is 0.435. The van der Waals surface area contributed by atoms with E-state index in [-0.39, 0.29) is 24.1 Å². The van der Waals surface area contributed by atoms with E-state index in [4.69, 9.17) is 9.84 Å². The number of thioether (sulfide) groups is 2. The van der Waals surface area contributed by atoms with Gasteiger partial charge in [-0.1, -0.05) is 49.8 Å². The van der Waals surface area contributed by atoms with Gasteiger partial charge >= 0.3 is 0 Å². The second-order valence-corrected chi connectivity index (χ2v) is 11.0. The highest BCUT2D eigenvalue weighted by Crippen LogP contribution is 2.31. The summed E-state index contributed by atoms with van der Waals surface area (Å²) in [5.74, 6) is -4.67. The van der Waals surface area contributed by atoms with Crippen LogP contribution in [0, 0.1) is 23.3 Å². The molecule has 0 amide bonds. The lowest BCUT2D eigenvalue weighted by atomic mass is 9.94. The first-order valence-electron chi connectivity index (χ1n) is 13.1. The molecule has 0 bridgehead atoms. The number of ether oxygens (including phenoxy) is 1. The van der Waals surface area contributed by atoms with Crippen molar-refractivity contribution in [2.45, 2.75) is 70.9 Å². The summed E-state index contributed by atoms with van der Waals surface area (Å²) in [6.45, 7) is 13.3. The molecule has 1 aromatic carbocycles. The lowest BCUT2D eigenvalue weighted by molar-refractivity contribution is -0.105. The molecule has 5 nitrogen and oxygen atoms in total. The van der Waals surface area contributed by atoms with E-state index in [2.05, 4.69) is 23.4 Å². The highest BCUT2D eigenvalue weighted by atomic mass is 32.2. The Balaban J connectivity index is 0. The number of carbonyl (C=O) groups excluding carboxylic acids is 1. The minimum Gasteiger partial charge on any atom is -0.400 e. The fourth-order valence-electron chi connectivity index (χ4n) is 3.84. The van der Waals surface area contributed by atoms with Crippen LogP contribution in [0.2, 0.25) is 0 Å². The lowest BCUT2D eigenvalue weighted by Crippen LogP contribution is -2.43. The maximum atomic E-state index is 13.9. The van der Waals surface area contributed by atoms with E-state index in [9.17, 15) is 26.7 Å². The van der Waals surface area contributed by atoms with Gasteiger partial charge in [0.25, 0.3) is 0 Å². The van der Waals surface area contributed by atoms with Crippen molar-refractivity contribution in [1.82, 2.24) is 10.2 Å². The number of nitrogens with zero attached hydrogens (tertiary/aromatic N) is 1. The van der Waals surface area contributed by atoms with Gasteiger partial charge in [0.2, 0.25) is 0 Å². The minimum atomic E-state index is -1.45. The molecule has 0 saturated heterocycles. The molecule has 12 heteroatoms. The molecule has 41 heavy (non-hydrogen) atoms. The summed E-state index contributed by atoms with van der Waals surface area (Å²) < 4.78 is 70.5. The predicted octanol–water partition coefficient (Wildman–Crippen LogP) is 7.71. The van der Waals surface area contributed by atoms with Gasteiger partial charge in [0.05, 0.1) is 42.9 Å². The summed E-state index contributed by atoms with van der Waals surface area (Å²) in [7, 11) is 1.50. The molecule has 2 rings (SSSR count). The van der Waals surface area contributed by atoms with E-state index in [0.717, 1.165) is 43.3 Å². The number of halogens is 5. The SMILES string of the molecule is C=C(NC(C)S/C(=C\C)SCC=O)N(CCOCc1c(F)c(F)cc(F)c1F)C1CCCCC1.C=CC.CF.CO.